The minimum absolute atomic E-state index is 0.0834. The van der Waals surface area contributed by atoms with Crippen LogP contribution in [0.15, 0.2) is 53.3 Å². The molecule has 0 saturated heterocycles. The molecular weight excluding hydrogens is 162 g/mol. The summed E-state index contributed by atoms with van der Waals surface area (Å²) < 4.78 is 4.98. The maximum absolute atomic E-state index is 6.00. The summed E-state index contributed by atoms with van der Waals surface area (Å²) in [5.74, 6) is 0. The van der Waals surface area contributed by atoms with Crippen molar-refractivity contribution >= 4 is 0 Å². The molecular formula is C11H11NO. The van der Waals surface area contributed by atoms with Gasteiger partial charge in [-0.05, 0) is 11.6 Å². The van der Waals surface area contributed by atoms with Gasteiger partial charge in [0, 0.05) is 5.56 Å². The maximum Gasteiger partial charge on any atom is 0.0953 e. The molecule has 66 valence electrons. The Kier molecular flexibility index (Phi) is 2.15. The highest BCUT2D eigenvalue weighted by Gasteiger charge is 2.08. The summed E-state index contributed by atoms with van der Waals surface area (Å²) in [4.78, 5) is 0. The van der Waals surface area contributed by atoms with Crippen LogP contribution in [0.2, 0.25) is 0 Å². The second-order valence-corrected chi connectivity index (χ2v) is 2.95. The Hall–Kier alpha value is -1.54. The lowest BCUT2D eigenvalue weighted by atomic mass is 10.0. The lowest BCUT2D eigenvalue weighted by Crippen LogP contribution is -2.10. The van der Waals surface area contributed by atoms with E-state index < -0.39 is 0 Å². The third-order valence-electron chi connectivity index (χ3n) is 2.06. The zero-order chi connectivity index (χ0) is 9.10. The van der Waals surface area contributed by atoms with Crippen molar-refractivity contribution in [3.8, 4) is 0 Å². The van der Waals surface area contributed by atoms with Crippen LogP contribution in [0.3, 0.4) is 0 Å². The first-order chi connectivity index (χ1) is 6.38. The Balaban J connectivity index is 2.29. The molecule has 2 aromatic rings. The van der Waals surface area contributed by atoms with Crippen LogP contribution in [0.25, 0.3) is 0 Å². The third kappa shape index (κ3) is 1.63. The van der Waals surface area contributed by atoms with Gasteiger partial charge in [-0.1, -0.05) is 30.3 Å². The molecule has 0 amide bonds. The minimum Gasteiger partial charge on any atom is -0.472 e. The molecule has 2 rings (SSSR count). The molecule has 2 N–H and O–H groups in total. The number of furan rings is 1. The standard InChI is InChI=1S/C11H11NO/c12-11(10-6-7-13-8-10)9-4-2-1-3-5-9/h1-8,11H,12H2/t11-/m0/s1. The first-order valence-corrected chi connectivity index (χ1v) is 4.20. The van der Waals surface area contributed by atoms with Crippen molar-refractivity contribution in [2.75, 3.05) is 0 Å². The molecule has 1 atom stereocenters. The summed E-state index contributed by atoms with van der Waals surface area (Å²) in [6.07, 6.45) is 3.32. The van der Waals surface area contributed by atoms with Crippen molar-refractivity contribution in [3.05, 3.63) is 60.1 Å². The molecule has 0 spiro atoms. The maximum atomic E-state index is 6.00. The topological polar surface area (TPSA) is 39.2 Å². The summed E-state index contributed by atoms with van der Waals surface area (Å²) >= 11 is 0. The van der Waals surface area contributed by atoms with Crippen LogP contribution in [0.1, 0.15) is 17.2 Å². The van der Waals surface area contributed by atoms with E-state index in [1.807, 2.05) is 36.4 Å². The average molecular weight is 173 g/mol. The molecule has 0 aliphatic rings. The van der Waals surface area contributed by atoms with Crippen molar-refractivity contribution in [1.82, 2.24) is 0 Å². The highest BCUT2D eigenvalue weighted by molar-refractivity contribution is 5.28. The van der Waals surface area contributed by atoms with Crippen molar-refractivity contribution in [2.45, 2.75) is 6.04 Å². The van der Waals surface area contributed by atoms with Gasteiger partial charge < -0.3 is 10.2 Å². The first kappa shape index (κ1) is 8.08. The van der Waals surface area contributed by atoms with E-state index in [0.29, 0.717) is 0 Å². The van der Waals surface area contributed by atoms with E-state index in [4.69, 9.17) is 10.2 Å². The Morgan fingerprint density at radius 3 is 2.38 bits per heavy atom. The molecule has 2 nitrogen and oxygen atoms in total. The normalized spacial score (nSPS) is 12.7. The van der Waals surface area contributed by atoms with Gasteiger partial charge in [0.2, 0.25) is 0 Å². The molecule has 0 fully saturated rings. The van der Waals surface area contributed by atoms with E-state index in [-0.39, 0.29) is 6.04 Å². The SMILES string of the molecule is N[C@@H](c1ccccc1)c1ccoc1. The highest BCUT2D eigenvalue weighted by atomic mass is 16.3. The van der Waals surface area contributed by atoms with Crippen molar-refractivity contribution in [2.24, 2.45) is 5.73 Å². The second kappa shape index (κ2) is 3.46. The van der Waals surface area contributed by atoms with Gasteiger partial charge in [0.1, 0.15) is 0 Å². The predicted octanol–water partition coefficient (Wildman–Crippen LogP) is 2.33. The van der Waals surface area contributed by atoms with E-state index in [1.165, 1.54) is 0 Å². The van der Waals surface area contributed by atoms with Gasteiger partial charge >= 0.3 is 0 Å². The van der Waals surface area contributed by atoms with Gasteiger partial charge in [-0.3, -0.25) is 0 Å². The van der Waals surface area contributed by atoms with Gasteiger partial charge in [0.25, 0.3) is 0 Å². The molecule has 13 heavy (non-hydrogen) atoms. The van der Waals surface area contributed by atoms with Crippen LogP contribution in [-0.4, -0.2) is 0 Å². The fourth-order valence-corrected chi connectivity index (χ4v) is 1.30. The number of nitrogens with two attached hydrogens (primary N) is 1. The van der Waals surface area contributed by atoms with E-state index in [0.717, 1.165) is 11.1 Å². The summed E-state index contributed by atoms with van der Waals surface area (Å²) in [6, 6.07) is 11.8. The van der Waals surface area contributed by atoms with Crippen LogP contribution >= 0.6 is 0 Å². The molecule has 0 bridgehead atoms. The third-order valence-corrected chi connectivity index (χ3v) is 2.06. The van der Waals surface area contributed by atoms with Crippen LogP contribution in [-0.2, 0) is 0 Å². The van der Waals surface area contributed by atoms with Crippen molar-refractivity contribution in [3.63, 3.8) is 0 Å². The molecule has 1 heterocycles. The number of rotatable bonds is 2. The molecule has 0 aliphatic heterocycles. The number of hydrogen-bond donors (Lipinski definition) is 1. The quantitative estimate of drug-likeness (QED) is 0.757. The molecule has 1 aromatic carbocycles. The van der Waals surface area contributed by atoms with Gasteiger partial charge in [0.15, 0.2) is 0 Å². The van der Waals surface area contributed by atoms with E-state index >= 15 is 0 Å². The zero-order valence-corrected chi connectivity index (χ0v) is 7.18. The zero-order valence-electron chi connectivity index (χ0n) is 7.18. The van der Waals surface area contributed by atoms with Crippen LogP contribution in [0.5, 0.6) is 0 Å². The lowest BCUT2D eigenvalue weighted by Gasteiger charge is -2.08. The highest BCUT2D eigenvalue weighted by Crippen LogP contribution is 2.18. The van der Waals surface area contributed by atoms with E-state index in [9.17, 15) is 0 Å². The number of benzene rings is 1. The monoisotopic (exact) mass is 173 g/mol. The van der Waals surface area contributed by atoms with Gasteiger partial charge in [0.05, 0.1) is 18.6 Å². The predicted molar refractivity (Wildman–Crippen MR) is 51.2 cm³/mol. The Morgan fingerprint density at radius 1 is 1.00 bits per heavy atom. The van der Waals surface area contributed by atoms with Crippen molar-refractivity contribution < 1.29 is 4.42 Å². The Morgan fingerprint density at radius 2 is 1.77 bits per heavy atom. The second-order valence-electron chi connectivity index (χ2n) is 2.95. The van der Waals surface area contributed by atoms with Crippen LogP contribution in [0, 0.1) is 0 Å². The smallest absolute Gasteiger partial charge is 0.0953 e. The Bertz CT molecular complexity index is 353. The summed E-state index contributed by atoms with van der Waals surface area (Å²) in [6.45, 7) is 0. The molecule has 0 aliphatic carbocycles. The van der Waals surface area contributed by atoms with Crippen LogP contribution in [0.4, 0.5) is 0 Å². The van der Waals surface area contributed by atoms with Gasteiger partial charge in [-0.15, -0.1) is 0 Å². The van der Waals surface area contributed by atoms with E-state index in [2.05, 4.69) is 0 Å². The summed E-state index contributed by atoms with van der Waals surface area (Å²) in [5.41, 5.74) is 8.11. The fraction of sp³-hybridized carbons (Fsp3) is 0.0909. The van der Waals surface area contributed by atoms with Crippen molar-refractivity contribution in [1.29, 1.82) is 0 Å². The summed E-state index contributed by atoms with van der Waals surface area (Å²) in [7, 11) is 0. The molecule has 0 unspecified atom stereocenters. The molecule has 0 saturated carbocycles. The minimum atomic E-state index is -0.0834. The first-order valence-electron chi connectivity index (χ1n) is 4.20. The van der Waals surface area contributed by atoms with E-state index in [1.54, 1.807) is 12.5 Å². The van der Waals surface area contributed by atoms with Gasteiger partial charge in [-0.2, -0.15) is 0 Å². The number of hydrogen-bond acceptors (Lipinski definition) is 2. The average Bonchev–Trinajstić information content (AvgIpc) is 2.71. The lowest BCUT2D eigenvalue weighted by molar-refractivity contribution is 0.562. The molecule has 2 heteroatoms. The molecule has 1 aromatic heterocycles. The van der Waals surface area contributed by atoms with Crippen LogP contribution < -0.4 is 5.73 Å². The molecule has 0 radical (unpaired) electrons. The van der Waals surface area contributed by atoms with Gasteiger partial charge in [-0.25, -0.2) is 0 Å². The largest absolute Gasteiger partial charge is 0.472 e. The summed E-state index contributed by atoms with van der Waals surface area (Å²) in [5, 5.41) is 0. The fourth-order valence-electron chi connectivity index (χ4n) is 1.30. The Labute approximate surface area is 77.0 Å².